The van der Waals surface area contributed by atoms with E-state index in [2.05, 4.69) is 10.1 Å². The van der Waals surface area contributed by atoms with Crippen molar-refractivity contribution in [1.82, 2.24) is 19.3 Å². The molecule has 2 heterocycles. The summed E-state index contributed by atoms with van der Waals surface area (Å²) in [6.07, 6.45) is 0. The summed E-state index contributed by atoms with van der Waals surface area (Å²) < 4.78 is 3.22. The van der Waals surface area contributed by atoms with Crippen molar-refractivity contribution in [3.05, 3.63) is 111 Å². The second kappa shape index (κ2) is 10.4. The molecule has 5 aromatic rings. The molecule has 8 nitrogen and oxygen atoms in total. The number of rotatable bonds is 6. The minimum atomic E-state index is -1.03. The third kappa shape index (κ3) is 5.07. The number of nitrogen functional groups attached to an aromatic ring is 1. The van der Waals surface area contributed by atoms with E-state index in [4.69, 9.17) is 17.3 Å². The Morgan fingerprint density at radius 1 is 0.944 bits per heavy atom. The van der Waals surface area contributed by atoms with Gasteiger partial charge in [-0.15, -0.1) is 0 Å². The van der Waals surface area contributed by atoms with Crippen LogP contribution in [-0.4, -0.2) is 49.3 Å². The summed E-state index contributed by atoms with van der Waals surface area (Å²) in [5.74, 6) is -0.617. The fraction of sp³-hybridized carbons (Fsp3) is 0.0769. The molecule has 0 bridgehead atoms. The molecule has 36 heavy (non-hydrogen) atoms. The number of imidazole rings is 1. The van der Waals surface area contributed by atoms with Crippen molar-refractivity contribution in [3.63, 3.8) is 0 Å². The molecule has 0 unspecified atom stereocenters. The van der Waals surface area contributed by atoms with E-state index in [0.29, 0.717) is 34.3 Å². The zero-order chi connectivity index (χ0) is 24.5. The van der Waals surface area contributed by atoms with Gasteiger partial charge in [0.1, 0.15) is 0 Å². The van der Waals surface area contributed by atoms with Crippen LogP contribution in [0.25, 0.3) is 22.3 Å². The van der Waals surface area contributed by atoms with Gasteiger partial charge in [-0.05, 0) is 53.6 Å². The number of nitrogens with zero attached hydrogens (tertiary/aromatic N) is 4. The van der Waals surface area contributed by atoms with Gasteiger partial charge in [0.2, 0.25) is 5.95 Å². The van der Waals surface area contributed by atoms with Gasteiger partial charge in [-0.2, -0.15) is 5.10 Å². The molecule has 176 valence electrons. The van der Waals surface area contributed by atoms with Crippen molar-refractivity contribution >= 4 is 53.4 Å². The first kappa shape index (κ1) is 25.3. The van der Waals surface area contributed by atoms with Crippen molar-refractivity contribution in [2.45, 2.75) is 13.1 Å². The first-order valence-electron chi connectivity index (χ1n) is 10.8. The Balaban J connectivity index is 0.00000304. The zero-order valence-corrected chi connectivity index (χ0v) is 19.2. The van der Waals surface area contributed by atoms with Crippen molar-refractivity contribution < 1.29 is 9.90 Å². The third-order valence-electron chi connectivity index (χ3n) is 5.70. The number of carboxylic acid groups (broad SMARTS) is 1. The van der Waals surface area contributed by atoms with E-state index in [1.807, 2.05) is 41.0 Å². The molecule has 3 N–H and O–H groups in total. The molecule has 0 aliphatic carbocycles. The van der Waals surface area contributed by atoms with Crippen molar-refractivity contribution in [2.75, 3.05) is 5.73 Å². The van der Waals surface area contributed by atoms with Crippen LogP contribution in [0.3, 0.4) is 0 Å². The second-order valence-corrected chi connectivity index (χ2v) is 8.49. The molecular formula is C26H21ClLiN5O3. The maximum atomic E-state index is 12.5. The fourth-order valence-corrected chi connectivity index (χ4v) is 4.21. The van der Waals surface area contributed by atoms with E-state index in [1.165, 1.54) is 22.9 Å². The molecule has 0 atom stereocenters. The average Bonchev–Trinajstić information content (AvgIpc) is 3.17. The Morgan fingerprint density at radius 3 is 2.53 bits per heavy atom. The summed E-state index contributed by atoms with van der Waals surface area (Å²) in [4.78, 5) is 28.2. The zero-order valence-electron chi connectivity index (χ0n) is 18.4. The predicted octanol–water partition coefficient (Wildman–Crippen LogP) is 3.64. The van der Waals surface area contributed by atoms with E-state index < -0.39 is 5.97 Å². The number of anilines is 1. The molecule has 0 radical (unpaired) electrons. The van der Waals surface area contributed by atoms with E-state index in [1.54, 1.807) is 24.3 Å². The van der Waals surface area contributed by atoms with Crippen LogP contribution in [0.5, 0.6) is 0 Å². The number of para-hydroxylation sites is 2. The Hall–Kier alpha value is -3.83. The Morgan fingerprint density at radius 2 is 1.72 bits per heavy atom. The van der Waals surface area contributed by atoms with Gasteiger partial charge >= 0.3 is 24.8 Å². The Kier molecular flexibility index (Phi) is 7.31. The molecule has 0 amide bonds. The monoisotopic (exact) mass is 493 g/mol. The van der Waals surface area contributed by atoms with E-state index in [-0.39, 0.29) is 36.5 Å². The number of aromatic nitrogens is 4. The fourth-order valence-electron chi connectivity index (χ4n) is 3.99. The number of aromatic carboxylic acids is 1. The number of carbonyl (C=O) groups is 1. The Bertz CT molecular complexity index is 1650. The summed E-state index contributed by atoms with van der Waals surface area (Å²) in [7, 11) is 0. The van der Waals surface area contributed by atoms with Crippen LogP contribution in [0, 0.1) is 0 Å². The van der Waals surface area contributed by atoms with Gasteiger partial charge in [-0.3, -0.25) is 4.79 Å². The normalized spacial score (nSPS) is 10.8. The number of hydrogen-bond donors (Lipinski definition) is 2. The molecule has 2 aromatic heterocycles. The topological polar surface area (TPSA) is 116 Å². The predicted molar refractivity (Wildman–Crippen MR) is 142 cm³/mol. The van der Waals surface area contributed by atoms with Gasteiger partial charge in [-0.25, -0.2) is 14.5 Å². The van der Waals surface area contributed by atoms with Gasteiger partial charge in [0, 0.05) is 11.6 Å². The van der Waals surface area contributed by atoms with Crippen LogP contribution in [0.4, 0.5) is 5.95 Å². The minimum absolute atomic E-state index is 0. The Labute approximate surface area is 223 Å². The van der Waals surface area contributed by atoms with Crippen LogP contribution < -0.4 is 11.3 Å². The van der Waals surface area contributed by atoms with Gasteiger partial charge in [0.25, 0.3) is 5.56 Å². The third-order valence-corrected chi connectivity index (χ3v) is 6.03. The van der Waals surface area contributed by atoms with Gasteiger partial charge in [-0.1, -0.05) is 41.9 Å². The van der Waals surface area contributed by atoms with Gasteiger partial charge in [0.05, 0.1) is 40.4 Å². The van der Waals surface area contributed by atoms with Crippen LogP contribution in [0.1, 0.15) is 21.5 Å². The summed E-state index contributed by atoms with van der Waals surface area (Å²) >= 11 is 6.51. The summed E-state index contributed by atoms with van der Waals surface area (Å²) in [6, 6.07) is 22.8. The molecule has 0 aliphatic rings. The quantitative estimate of drug-likeness (QED) is 0.349. The first-order chi connectivity index (χ1) is 16.9. The number of benzene rings is 3. The van der Waals surface area contributed by atoms with E-state index in [9.17, 15) is 14.7 Å². The SMILES string of the molecule is Nc1nc2ccccc2n1Cc1ccc(Cl)c(-c2ccc(=O)n(Cc3cccc(C(=O)O)c3)n2)c1.[LiH]. The molecule has 0 spiro atoms. The van der Waals surface area contributed by atoms with Gasteiger partial charge < -0.3 is 15.4 Å². The molecule has 5 rings (SSSR count). The molecular weight excluding hydrogens is 473 g/mol. The molecule has 3 aromatic carbocycles. The molecule has 0 aliphatic heterocycles. The standard InChI is InChI=1S/C26H20ClN5O3.Li.H/c27-20-9-8-17(14-31-23-7-2-1-6-22(23)29-26(31)28)13-19(20)21-10-11-24(33)32(30-21)15-16-4-3-5-18(12-16)25(34)35;;/h1-13H,14-15H2,(H2,28,29)(H,34,35);;. The van der Waals surface area contributed by atoms with Crippen LogP contribution in [0.15, 0.2) is 83.7 Å². The number of halogens is 1. The summed E-state index contributed by atoms with van der Waals surface area (Å²) in [5, 5.41) is 14.2. The van der Waals surface area contributed by atoms with Crippen LogP contribution in [-0.2, 0) is 13.1 Å². The van der Waals surface area contributed by atoms with Crippen molar-refractivity contribution in [2.24, 2.45) is 0 Å². The van der Waals surface area contributed by atoms with Crippen molar-refractivity contribution in [1.29, 1.82) is 0 Å². The number of fused-ring (bicyclic) bond motifs is 1. The average molecular weight is 494 g/mol. The molecule has 0 saturated heterocycles. The number of nitrogens with two attached hydrogens (primary N) is 1. The first-order valence-corrected chi connectivity index (χ1v) is 11.2. The number of carboxylic acids is 1. The summed E-state index contributed by atoms with van der Waals surface area (Å²) in [5.41, 5.74) is 10.5. The van der Waals surface area contributed by atoms with Gasteiger partial charge in [0.15, 0.2) is 0 Å². The van der Waals surface area contributed by atoms with Crippen LogP contribution >= 0.6 is 11.6 Å². The van der Waals surface area contributed by atoms with E-state index in [0.717, 1.165) is 16.6 Å². The second-order valence-electron chi connectivity index (χ2n) is 8.08. The molecule has 10 heteroatoms. The molecule has 0 fully saturated rings. The van der Waals surface area contributed by atoms with Crippen LogP contribution in [0.2, 0.25) is 5.02 Å². The summed E-state index contributed by atoms with van der Waals surface area (Å²) in [6.45, 7) is 0.612. The van der Waals surface area contributed by atoms with Crippen molar-refractivity contribution in [3.8, 4) is 11.3 Å². The maximum absolute atomic E-state index is 12.5. The van der Waals surface area contributed by atoms with E-state index >= 15 is 0 Å². The molecule has 0 saturated carbocycles. The number of hydrogen-bond acceptors (Lipinski definition) is 5.